The normalized spacial score (nSPS) is 16.2. The van der Waals surface area contributed by atoms with Gasteiger partial charge in [0.05, 0.1) is 11.6 Å². The molecular formula is C20H21ClN4. The average Bonchev–Trinajstić information content (AvgIpc) is 3.17. The second-order valence-corrected chi connectivity index (χ2v) is 6.75. The van der Waals surface area contributed by atoms with E-state index >= 15 is 0 Å². The van der Waals surface area contributed by atoms with Gasteiger partial charge < -0.3 is 5.32 Å². The number of nitrogens with zero attached hydrogens (tertiary/aromatic N) is 3. The lowest BCUT2D eigenvalue weighted by Crippen LogP contribution is -2.31. The standard InChI is InChI=1S/C20H21ClN4/c21-20-23-17-11-5-4-10-16(17)19(24-20)22-14-18(25-12-6-7-13-25)15-8-2-1-3-9-15/h1-5,8-11,18H,6-7,12-14H2,(H,22,23,24). The van der Waals surface area contributed by atoms with Crippen LogP contribution in [0.3, 0.4) is 0 Å². The van der Waals surface area contributed by atoms with E-state index < -0.39 is 0 Å². The maximum Gasteiger partial charge on any atom is 0.224 e. The number of benzene rings is 2. The van der Waals surface area contributed by atoms with Crippen molar-refractivity contribution in [2.45, 2.75) is 18.9 Å². The van der Waals surface area contributed by atoms with Crippen LogP contribution in [0.5, 0.6) is 0 Å². The SMILES string of the molecule is Clc1nc(NCC(c2ccccc2)N2CCCC2)c2ccccc2n1. The van der Waals surface area contributed by atoms with Gasteiger partial charge in [0.2, 0.25) is 5.28 Å². The van der Waals surface area contributed by atoms with E-state index in [1.807, 2.05) is 24.3 Å². The van der Waals surface area contributed by atoms with Crippen LogP contribution in [0.15, 0.2) is 54.6 Å². The molecule has 1 aromatic heterocycles. The Morgan fingerprint density at radius 3 is 2.48 bits per heavy atom. The molecule has 1 saturated heterocycles. The topological polar surface area (TPSA) is 41.1 Å². The Morgan fingerprint density at radius 2 is 1.68 bits per heavy atom. The van der Waals surface area contributed by atoms with Crippen molar-refractivity contribution in [3.05, 3.63) is 65.4 Å². The molecule has 0 amide bonds. The molecule has 2 heterocycles. The van der Waals surface area contributed by atoms with Crippen molar-refractivity contribution in [3.63, 3.8) is 0 Å². The summed E-state index contributed by atoms with van der Waals surface area (Å²) in [6.07, 6.45) is 2.54. The quantitative estimate of drug-likeness (QED) is 0.685. The molecule has 0 aliphatic carbocycles. The lowest BCUT2D eigenvalue weighted by molar-refractivity contribution is 0.256. The molecule has 1 unspecified atom stereocenters. The van der Waals surface area contributed by atoms with E-state index in [4.69, 9.17) is 11.6 Å². The summed E-state index contributed by atoms with van der Waals surface area (Å²) in [6.45, 7) is 3.08. The highest BCUT2D eigenvalue weighted by Crippen LogP contribution is 2.27. The number of likely N-dealkylation sites (tertiary alicyclic amines) is 1. The fraction of sp³-hybridized carbons (Fsp3) is 0.300. The Kier molecular flexibility index (Phi) is 4.81. The van der Waals surface area contributed by atoms with Crippen molar-refractivity contribution in [2.24, 2.45) is 0 Å². The monoisotopic (exact) mass is 352 g/mol. The van der Waals surface area contributed by atoms with E-state index in [1.165, 1.54) is 18.4 Å². The first-order valence-electron chi connectivity index (χ1n) is 8.76. The highest BCUT2D eigenvalue weighted by molar-refractivity contribution is 6.28. The maximum atomic E-state index is 6.11. The highest BCUT2D eigenvalue weighted by atomic mass is 35.5. The van der Waals surface area contributed by atoms with Crippen LogP contribution in [0, 0.1) is 0 Å². The lowest BCUT2D eigenvalue weighted by Gasteiger charge is -2.28. The molecule has 0 radical (unpaired) electrons. The maximum absolute atomic E-state index is 6.11. The summed E-state index contributed by atoms with van der Waals surface area (Å²) < 4.78 is 0. The third-order valence-corrected chi connectivity index (χ3v) is 4.97. The summed E-state index contributed by atoms with van der Waals surface area (Å²) in [6, 6.07) is 19.0. The smallest absolute Gasteiger partial charge is 0.224 e. The number of nitrogens with one attached hydrogen (secondary N) is 1. The molecule has 4 rings (SSSR count). The number of rotatable bonds is 5. The van der Waals surface area contributed by atoms with Crippen LogP contribution in [0.25, 0.3) is 10.9 Å². The van der Waals surface area contributed by atoms with Gasteiger partial charge in [0.1, 0.15) is 5.82 Å². The van der Waals surface area contributed by atoms with E-state index in [0.29, 0.717) is 6.04 Å². The zero-order valence-corrected chi connectivity index (χ0v) is 14.8. The van der Waals surface area contributed by atoms with Crippen molar-refractivity contribution >= 4 is 28.3 Å². The Balaban J connectivity index is 1.61. The van der Waals surface area contributed by atoms with Crippen LogP contribution < -0.4 is 5.32 Å². The van der Waals surface area contributed by atoms with Crippen LogP contribution in [-0.4, -0.2) is 34.5 Å². The Labute approximate surface area is 152 Å². The van der Waals surface area contributed by atoms with Gasteiger partial charge in [-0.1, -0.05) is 42.5 Å². The van der Waals surface area contributed by atoms with Gasteiger partial charge in [-0.2, -0.15) is 0 Å². The fourth-order valence-electron chi connectivity index (χ4n) is 3.56. The number of aromatic nitrogens is 2. The summed E-state index contributed by atoms with van der Waals surface area (Å²) in [5.74, 6) is 0.802. The van der Waals surface area contributed by atoms with Crippen LogP contribution >= 0.6 is 11.6 Å². The number of para-hydroxylation sites is 1. The minimum Gasteiger partial charge on any atom is -0.367 e. The van der Waals surface area contributed by atoms with Crippen molar-refractivity contribution in [1.29, 1.82) is 0 Å². The molecule has 1 aliphatic heterocycles. The molecule has 1 aliphatic rings. The van der Waals surface area contributed by atoms with Crippen molar-refractivity contribution in [2.75, 3.05) is 25.0 Å². The zero-order chi connectivity index (χ0) is 17.1. The first-order valence-corrected chi connectivity index (χ1v) is 9.14. The minimum absolute atomic E-state index is 0.277. The molecule has 5 heteroatoms. The van der Waals surface area contributed by atoms with Gasteiger partial charge in [-0.3, -0.25) is 4.90 Å². The summed E-state index contributed by atoms with van der Waals surface area (Å²) in [5, 5.41) is 4.80. The van der Waals surface area contributed by atoms with E-state index in [1.54, 1.807) is 0 Å². The van der Waals surface area contributed by atoms with Gasteiger partial charge in [-0.25, -0.2) is 9.97 Å². The predicted octanol–water partition coefficient (Wildman–Crippen LogP) is 4.53. The minimum atomic E-state index is 0.277. The van der Waals surface area contributed by atoms with E-state index in [0.717, 1.165) is 36.4 Å². The summed E-state index contributed by atoms with van der Waals surface area (Å²) in [4.78, 5) is 11.3. The van der Waals surface area contributed by atoms with Crippen molar-refractivity contribution in [3.8, 4) is 0 Å². The van der Waals surface area contributed by atoms with Gasteiger partial charge in [0.25, 0.3) is 0 Å². The molecule has 0 saturated carbocycles. The molecule has 25 heavy (non-hydrogen) atoms. The molecule has 128 valence electrons. The molecule has 3 aromatic rings. The third-order valence-electron chi connectivity index (χ3n) is 4.80. The largest absolute Gasteiger partial charge is 0.367 e. The fourth-order valence-corrected chi connectivity index (χ4v) is 3.74. The number of hydrogen-bond acceptors (Lipinski definition) is 4. The van der Waals surface area contributed by atoms with Crippen molar-refractivity contribution in [1.82, 2.24) is 14.9 Å². The summed E-state index contributed by atoms with van der Waals surface area (Å²) in [7, 11) is 0. The molecule has 1 atom stereocenters. The first kappa shape index (κ1) is 16.3. The van der Waals surface area contributed by atoms with Gasteiger partial charge in [-0.15, -0.1) is 0 Å². The lowest BCUT2D eigenvalue weighted by atomic mass is 10.1. The van der Waals surface area contributed by atoms with Crippen LogP contribution in [-0.2, 0) is 0 Å². The Bertz CT molecular complexity index is 847. The molecule has 0 bridgehead atoms. The number of fused-ring (bicyclic) bond motifs is 1. The van der Waals surface area contributed by atoms with E-state index in [2.05, 4.69) is 50.5 Å². The average molecular weight is 353 g/mol. The number of halogens is 1. The molecular weight excluding hydrogens is 332 g/mol. The van der Waals surface area contributed by atoms with Crippen LogP contribution in [0.2, 0.25) is 5.28 Å². The first-order chi connectivity index (χ1) is 12.3. The second kappa shape index (κ2) is 7.38. The Morgan fingerprint density at radius 1 is 0.960 bits per heavy atom. The van der Waals surface area contributed by atoms with E-state index in [9.17, 15) is 0 Å². The Hall–Kier alpha value is -2.17. The van der Waals surface area contributed by atoms with E-state index in [-0.39, 0.29) is 5.28 Å². The zero-order valence-electron chi connectivity index (χ0n) is 14.0. The summed E-state index contributed by atoms with van der Waals surface area (Å²) in [5.41, 5.74) is 2.20. The third kappa shape index (κ3) is 3.60. The molecule has 4 nitrogen and oxygen atoms in total. The second-order valence-electron chi connectivity index (χ2n) is 6.41. The molecule has 2 aromatic carbocycles. The molecule has 1 fully saturated rings. The molecule has 0 spiro atoms. The summed E-state index contributed by atoms with van der Waals surface area (Å²) >= 11 is 6.11. The number of hydrogen-bond donors (Lipinski definition) is 1. The number of anilines is 1. The molecule has 1 N–H and O–H groups in total. The van der Waals surface area contributed by atoms with Crippen LogP contribution in [0.1, 0.15) is 24.4 Å². The van der Waals surface area contributed by atoms with Gasteiger partial charge >= 0.3 is 0 Å². The van der Waals surface area contributed by atoms with Crippen molar-refractivity contribution < 1.29 is 0 Å². The van der Waals surface area contributed by atoms with Gasteiger partial charge in [0.15, 0.2) is 0 Å². The highest BCUT2D eigenvalue weighted by Gasteiger charge is 2.23. The predicted molar refractivity (Wildman–Crippen MR) is 103 cm³/mol. The van der Waals surface area contributed by atoms with Gasteiger partial charge in [0, 0.05) is 11.9 Å². The van der Waals surface area contributed by atoms with Crippen LogP contribution in [0.4, 0.5) is 5.82 Å². The van der Waals surface area contributed by atoms with Gasteiger partial charge in [-0.05, 0) is 55.2 Å².